The van der Waals surface area contributed by atoms with E-state index < -0.39 is 0 Å². The van der Waals surface area contributed by atoms with Gasteiger partial charge in [-0.2, -0.15) is 0 Å². The van der Waals surface area contributed by atoms with Gasteiger partial charge in [0, 0.05) is 24.8 Å². The second-order valence-corrected chi connectivity index (χ2v) is 5.51. The van der Waals surface area contributed by atoms with E-state index in [2.05, 4.69) is 19.7 Å². The minimum absolute atomic E-state index is 0.0546. The summed E-state index contributed by atoms with van der Waals surface area (Å²) in [6.07, 6.45) is 3.32. The Labute approximate surface area is 123 Å². The largest absolute Gasteiger partial charge is 0.362 e. The van der Waals surface area contributed by atoms with Gasteiger partial charge in [-0.1, -0.05) is 6.92 Å². The van der Waals surface area contributed by atoms with Crippen molar-refractivity contribution in [3.8, 4) is 0 Å². The van der Waals surface area contributed by atoms with Gasteiger partial charge in [-0.05, 0) is 36.6 Å². The van der Waals surface area contributed by atoms with Crippen molar-refractivity contribution in [1.82, 2.24) is 14.8 Å². The molecule has 21 heavy (non-hydrogen) atoms. The van der Waals surface area contributed by atoms with Crippen LogP contribution in [-0.2, 0) is 19.5 Å². The van der Waals surface area contributed by atoms with Crippen LogP contribution < -0.4 is 10.6 Å². The Morgan fingerprint density at radius 2 is 2.24 bits per heavy atom. The van der Waals surface area contributed by atoms with Gasteiger partial charge in [-0.25, -0.2) is 4.39 Å². The molecule has 0 radical (unpaired) electrons. The zero-order valence-electron chi connectivity index (χ0n) is 12.2. The van der Waals surface area contributed by atoms with Crippen LogP contribution in [0, 0.1) is 5.82 Å². The van der Waals surface area contributed by atoms with Crippen LogP contribution in [0.25, 0.3) is 0 Å². The number of nitrogens with two attached hydrogens (primary N) is 1. The molecule has 2 N–H and O–H groups in total. The SMILES string of the molecule is CCC(N)Cc1cc(F)ccc1N1CCn2cnnc2C1. The zero-order chi connectivity index (χ0) is 14.8. The van der Waals surface area contributed by atoms with Crippen molar-refractivity contribution >= 4 is 5.69 Å². The minimum Gasteiger partial charge on any atom is -0.362 e. The summed E-state index contributed by atoms with van der Waals surface area (Å²) in [4.78, 5) is 2.22. The molecule has 1 aromatic carbocycles. The molecule has 6 heteroatoms. The summed E-state index contributed by atoms with van der Waals surface area (Å²) in [6, 6.07) is 5.01. The fraction of sp³-hybridized carbons (Fsp3) is 0.467. The van der Waals surface area contributed by atoms with E-state index in [-0.39, 0.29) is 11.9 Å². The minimum atomic E-state index is -0.211. The van der Waals surface area contributed by atoms with Crippen LogP contribution in [0.3, 0.4) is 0 Å². The summed E-state index contributed by atoms with van der Waals surface area (Å²) in [5.41, 5.74) is 8.07. The first-order valence-corrected chi connectivity index (χ1v) is 7.33. The highest BCUT2D eigenvalue weighted by Crippen LogP contribution is 2.26. The second kappa shape index (κ2) is 5.81. The number of hydrogen-bond donors (Lipinski definition) is 1. The van der Waals surface area contributed by atoms with E-state index in [0.717, 1.165) is 36.6 Å². The van der Waals surface area contributed by atoms with Gasteiger partial charge in [0.05, 0.1) is 6.54 Å². The molecule has 0 fully saturated rings. The third-order valence-corrected chi connectivity index (χ3v) is 4.03. The lowest BCUT2D eigenvalue weighted by Crippen LogP contribution is -2.34. The maximum absolute atomic E-state index is 13.6. The maximum Gasteiger partial charge on any atom is 0.152 e. The summed E-state index contributed by atoms with van der Waals surface area (Å²) in [5, 5.41) is 8.07. The molecule has 5 nitrogen and oxygen atoms in total. The van der Waals surface area contributed by atoms with Crippen LogP contribution >= 0.6 is 0 Å². The van der Waals surface area contributed by atoms with Gasteiger partial charge in [0.15, 0.2) is 5.82 Å². The van der Waals surface area contributed by atoms with E-state index in [1.807, 2.05) is 13.0 Å². The molecule has 2 heterocycles. The number of halogens is 1. The molecule has 1 aliphatic rings. The van der Waals surface area contributed by atoms with Gasteiger partial charge < -0.3 is 15.2 Å². The fourth-order valence-corrected chi connectivity index (χ4v) is 2.72. The Morgan fingerprint density at radius 3 is 3.05 bits per heavy atom. The van der Waals surface area contributed by atoms with Crippen molar-refractivity contribution in [3.05, 3.63) is 41.7 Å². The normalized spacial score (nSPS) is 15.9. The van der Waals surface area contributed by atoms with Crippen molar-refractivity contribution < 1.29 is 4.39 Å². The molecule has 3 rings (SSSR count). The molecule has 0 saturated heterocycles. The number of benzene rings is 1. The van der Waals surface area contributed by atoms with E-state index in [0.29, 0.717) is 13.0 Å². The molecular formula is C15H20FN5. The summed E-state index contributed by atoms with van der Waals surface area (Å²) in [6.45, 7) is 4.46. The average Bonchev–Trinajstić information content (AvgIpc) is 2.94. The summed E-state index contributed by atoms with van der Waals surface area (Å²) < 4.78 is 15.6. The number of fused-ring (bicyclic) bond motifs is 1. The lowest BCUT2D eigenvalue weighted by molar-refractivity contribution is 0.555. The van der Waals surface area contributed by atoms with Crippen LogP contribution in [0.4, 0.5) is 10.1 Å². The van der Waals surface area contributed by atoms with Crippen LogP contribution in [-0.4, -0.2) is 27.4 Å². The smallest absolute Gasteiger partial charge is 0.152 e. The lowest BCUT2D eigenvalue weighted by Gasteiger charge is -2.31. The molecule has 0 aliphatic carbocycles. The Hall–Kier alpha value is -1.95. The van der Waals surface area contributed by atoms with Gasteiger partial charge >= 0.3 is 0 Å². The van der Waals surface area contributed by atoms with E-state index in [1.165, 1.54) is 6.07 Å². The van der Waals surface area contributed by atoms with Crippen LogP contribution in [0.15, 0.2) is 24.5 Å². The van der Waals surface area contributed by atoms with Crippen molar-refractivity contribution in [2.45, 2.75) is 38.9 Å². The van der Waals surface area contributed by atoms with Gasteiger partial charge in [0.25, 0.3) is 0 Å². The third kappa shape index (κ3) is 2.90. The number of anilines is 1. The Kier molecular flexibility index (Phi) is 3.88. The van der Waals surface area contributed by atoms with Gasteiger partial charge in [0.1, 0.15) is 12.1 Å². The second-order valence-electron chi connectivity index (χ2n) is 5.51. The summed E-state index contributed by atoms with van der Waals surface area (Å²) >= 11 is 0. The van der Waals surface area contributed by atoms with Crippen molar-refractivity contribution in [3.63, 3.8) is 0 Å². The van der Waals surface area contributed by atoms with Gasteiger partial charge in [0.2, 0.25) is 0 Å². The fourth-order valence-electron chi connectivity index (χ4n) is 2.72. The maximum atomic E-state index is 13.6. The first-order chi connectivity index (χ1) is 10.2. The zero-order valence-corrected chi connectivity index (χ0v) is 12.2. The molecule has 1 unspecified atom stereocenters. The first-order valence-electron chi connectivity index (χ1n) is 7.33. The number of rotatable bonds is 4. The lowest BCUT2D eigenvalue weighted by atomic mass is 10.0. The van der Waals surface area contributed by atoms with Crippen molar-refractivity contribution in [2.24, 2.45) is 5.73 Å². The van der Waals surface area contributed by atoms with Crippen LogP contribution in [0.5, 0.6) is 0 Å². The Balaban J connectivity index is 1.88. The summed E-state index contributed by atoms with van der Waals surface area (Å²) in [7, 11) is 0. The number of hydrogen-bond acceptors (Lipinski definition) is 4. The predicted molar refractivity (Wildman–Crippen MR) is 79.4 cm³/mol. The molecule has 1 atom stereocenters. The standard InChI is InChI=1S/C15H20FN5/c1-2-13(17)8-11-7-12(16)3-4-14(11)20-5-6-21-10-18-19-15(21)9-20/h3-4,7,10,13H,2,5-6,8-9,17H2,1H3. The highest BCUT2D eigenvalue weighted by Gasteiger charge is 2.20. The molecular weight excluding hydrogens is 269 g/mol. The molecule has 2 aromatic rings. The Morgan fingerprint density at radius 1 is 1.38 bits per heavy atom. The predicted octanol–water partition coefficient (Wildman–Crippen LogP) is 1.72. The number of aromatic nitrogens is 3. The molecule has 0 spiro atoms. The highest BCUT2D eigenvalue weighted by atomic mass is 19.1. The van der Waals surface area contributed by atoms with Crippen LogP contribution in [0.2, 0.25) is 0 Å². The van der Waals surface area contributed by atoms with Gasteiger partial charge in [-0.3, -0.25) is 0 Å². The topological polar surface area (TPSA) is 60.0 Å². The average molecular weight is 289 g/mol. The quantitative estimate of drug-likeness (QED) is 0.931. The molecule has 0 amide bonds. The molecule has 0 saturated carbocycles. The van der Waals surface area contributed by atoms with E-state index >= 15 is 0 Å². The molecule has 0 bridgehead atoms. The summed E-state index contributed by atoms with van der Waals surface area (Å²) in [5.74, 6) is 0.730. The van der Waals surface area contributed by atoms with E-state index in [1.54, 1.807) is 12.4 Å². The van der Waals surface area contributed by atoms with Crippen LogP contribution in [0.1, 0.15) is 24.7 Å². The van der Waals surface area contributed by atoms with Crippen molar-refractivity contribution in [1.29, 1.82) is 0 Å². The highest BCUT2D eigenvalue weighted by molar-refractivity contribution is 5.54. The Bertz CT molecular complexity index is 624. The van der Waals surface area contributed by atoms with Crippen molar-refractivity contribution in [2.75, 3.05) is 11.4 Å². The monoisotopic (exact) mass is 289 g/mol. The van der Waals surface area contributed by atoms with E-state index in [4.69, 9.17) is 5.73 Å². The first kappa shape index (κ1) is 14.0. The molecule has 112 valence electrons. The number of nitrogens with zero attached hydrogens (tertiary/aromatic N) is 4. The molecule has 1 aromatic heterocycles. The third-order valence-electron chi connectivity index (χ3n) is 4.03. The van der Waals surface area contributed by atoms with E-state index in [9.17, 15) is 4.39 Å². The molecule has 1 aliphatic heterocycles. The van der Waals surface area contributed by atoms with Gasteiger partial charge in [-0.15, -0.1) is 10.2 Å².